The zero-order valence-corrected chi connectivity index (χ0v) is 10.1. The zero-order valence-electron chi connectivity index (χ0n) is 10.1. The summed E-state index contributed by atoms with van der Waals surface area (Å²) < 4.78 is 9.30. The van der Waals surface area contributed by atoms with Gasteiger partial charge in [-0.3, -0.25) is 9.59 Å². The molecule has 5 heteroatoms. The number of methoxy groups -OCH3 is 1. The van der Waals surface area contributed by atoms with Crippen molar-refractivity contribution in [3.8, 4) is 0 Å². The predicted octanol–water partition coefficient (Wildman–Crippen LogP) is 0.872. The first kappa shape index (κ1) is 14.9. The van der Waals surface area contributed by atoms with Crippen molar-refractivity contribution in [3.05, 3.63) is 0 Å². The second kappa shape index (κ2) is 10.4. The molecule has 0 rings (SSSR count). The lowest BCUT2D eigenvalue weighted by molar-refractivity contribution is -0.143. The molecule has 0 aliphatic carbocycles. The van der Waals surface area contributed by atoms with Crippen molar-refractivity contribution in [2.24, 2.45) is 0 Å². The number of carbonyl (C=O) groups is 2. The van der Waals surface area contributed by atoms with Gasteiger partial charge in [-0.25, -0.2) is 0 Å². The van der Waals surface area contributed by atoms with E-state index in [1.54, 1.807) is 6.92 Å². The molecular formula is C11H21NO4. The van der Waals surface area contributed by atoms with Crippen LogP contribution in [0.25, 0.3) is 0 Å². The van der Waals surface area contributed by atoms with Crippen LogP contribution < -0.4 is 5.32 Å². The third kappa shape index (κ3) is 9.45. The Balaban J connectivity index is 3.15. The van der Waals surface area contributed by atoms with Crippen molar-refractivity contribution in [2.45, 2.75) is 32.6 Å². The molecule has 0 aliphatic heterocycles. The van der Waals surface area contributed by atoms with Gasteiger partial charge in [-0.05, 0) is 32.9 Å². The summed E-state index contributed by atoms with van der Waals surface area (Å²) in [6.07, 6.45) is 2.39. The quantitative estimate of drug-likeness (QED) is 0.471. The Hall–Kier alpha value is -1.10. The van der Waals surface area contributed by atoms with E-state index in [2.05, 4.69) is 10.1 Å². The van der Waals surface area contributed by atoms with Crippen LogP contribution in [0.3, 0.4) is 0 Å². The number of carbonyl (C=O) groups excluding carboxylic acids is 2. The van der Waals surface area contributed by atoms with Crippen molar-refractivity contribution in [3.63, 3.8) is 0 Å². The Bertz CT molecular complexity index is 206. The number of ether oxygens (including phenoxy) is 2. The van der Waals surface area contributed by atoms with E-state index >= 15 is 0 Å². The topological polar surface area (TPSA) is 64.6 Å². The Kier molecular flexibility index (Phi) is 9.70. The molecule has 0 saturated heterocycles. The van der Waals surface area contributed by atoms with E-state index in [0.717, 1.165) is 25.9 Å². The standard InChI is InChI=1S/C11H21NO4/c1-3-16-11(14)7-5-9-12-8-4-6-10(13)15-2/h12H,3-9H2,1-2H3. The molecule has 0 aromatic heterocycles. The number of hydrogen-bond acceptors (Lipinski definition) is 5. The molecule has 0 aliphatic rings. The summed E-state index contributed by atoms with van der Waals surface area (Å²) in [6, 6.07) is 0. The number of hydrogen-bond donors (Lipinski definition) is 1. The smallest absolute Gasteiger partial charge is 0.305 e. The van der Waals surface area contributed by atoms with Gasteiger partial charge in [0.25, 0.3) is 0 Å². The lowest BCUT2D eigenvalue weighted by Gasteiger charge is -2.04. The summed E-state index contributed by atoms with van der Waals surface area (Å²) in [6.45, 7) is 3.76. The molecule has 94 valence electrons. The van der Waals surface area contributed by atoms with Crippen LogP contribution in [0.2, 0.25) is 0 Å². The van der Waals surface area contributed by atoms with Crippen LogP contribution in [0, 0.1) is 0 Å². The van der Waals surface area contributed by atoms with Gasteiger partial charge in [-0.2, -0.15) is 0 Å². The van der Waals surface area contributed by atoms with Crippen LogP contribution in [-0.2, 0) is 19.1 Å². The van der Waals surface area contributed by atoms with Gasteiger partial charge in [0.15, 0.2) is 0 Å². The SMILES string of the molecule is CCOC(=O)CCCNCCCC(=O)OC. The second-order valence-electron chi connectivity index (χ2n) is 3.34. The molecule has 0 amide bonds. The molecule has 0 saturated carbocycles. The third-order valence-corrected chi connectivity index (χ3v) is 2.00. The van der Waals surface area contributed by atoms with E-state index < -0.39 is 0 Å². The maximum Gasteiger partial charge on any atom is 0.305 e. The Morgan fingerprint density at radius 2 is 1.62 bits per heavy atom. The average Bonchev–Trinajstić information content (AvgIpc) is 2.27. The van der Waals surface area contributed by atoms with Gasteiger partial charge in [0.1, 0.15) is 0 Å². The van der Waals surface area contributed by atoms with Crippen molar-refractivity contribution < 1.29 is 19.1 Å². The van der Waals surface area contributed by atoms with Crippen LogP contribution in [0.15, 0.2) is 0 Å². The van der Waals surface area contributed by atoms with Crippen molar-refractivity contribution >= 4 is 11.9 Å². The summed E-state index contributed by atoms with van der Waals surface area (Å²) >= 11 is 0. The lowest BCUT2D eigenvalue weighted by atomic mass is 10.3. The van der Waals surface area contributed by atoms with Gasteiger partial charge < -0.3 is 14.8 Å². The highest BCUT2D eigenvalue weighted by Crippen LogP contribution is 1.93. The molecule has 0 spiro atoms. The molecule has 0 unspecified atom stereocenters. The van der Waals surface area contributed by atoms with Gasteiger partial charge in [0.05, 0.1) is 13.7 Å². The Morgan fingerprint density at radius 1 is 1.06 bits per heavy atom. The zero-order chi connectivity index (χ0) is 12.2. The highest BCUT2D eigenvalue weighted by atomic mass is 16.5. The van der Waals surface area contributed by atoms with Crippen molar-refractivity contribution in [2.75, 3.05) is 26.8 Å². The van der Waals surface area contributed by atoms with Crippen LogP contribution in [0.5, 0.6) is 0 Å². The fraction of sp³-hybridized carbons (Fsp3) is 0.818. The van der Waals surface area contributed by atoms with E-state index in [0.29, 0.717) is 19.4 Å². The summed E-state index contributed by atoms with van der Waals surface area (Å²) in [4.78, 5) is 21.7. The Morgan fingerprint density at radius 3 is 2.12 bits per heavy atom. The number of nitrogens with one attached hydrogen (secondary N) is 1. The molecule has 0 aromatic carbocycles. The van der Waals surface area contributed by atoms with E-state index in [4.69, 9.17) is 4.74 Å². The fourth-order valence-electron chi connectivity index (χ4n) is 1.18. The molecule has 0 heterocycles. The normalized spacial score (nSPS) is 9.88. The van der Waals surface area contributed by atoms with E-state index in [1.807, 2.05) is 0 Å². The van der Waals surface area contributed by atoms with Gasteiger partial charge in [0.2, 0.25) is 0 Å². The third-order valence-electron chi connectivity index (χ3n) is 2.00. The maximum absolute atomic E-state index is 10.9. The molecule has 0 radical (unpaired) electrons. The minimum Gasteiger partial charge on any atom is -0.469 e. The molecule has 0 bridgehead atoms. The predicted molar refractivity (Wildman–Crippen MR) is 60.0 cm³/mol. The van der Waals surface area contributed by atoms with Crippen LogP contribution >= 0.6 is 0 Å². The summed E-state index contributed by atoms with van der Waals surface area (Å²) in [7, 11) is 1.38. The fourth-order valence-corrected chi connectivity index (χ4v) is 1.18. The van der Waals surface area contributed by atoms with Crippen LogP contribution in [0.1, 0.15) is 32.6 Å². The monoisotopic (exact) mass is 231 g/mol. The van der Waals surface area contributed by atoms with Crippen LogP contribution in [-0.4, -0.2) is 38.7 Å². The van der Waals surface area contributed by atoms with Gasteiger partial charge in [-0.1, -0.05) is 0 Å². The Labute approximate surface area is 96.5 Å². The lowest BCUT2D eigenvalue weighted by Crippen LogP contribution is -2.19. The molecule has 0 aromatic rings. The molecule has 1 N–H and O–H groups in total. The highest BCUT2D eigenvalue weighted by Gasteiger charge is 2.01. The number of esters is 2. The molecular weight excluding hydrogens is 210 g/mol. The van der Waals surface area contributed by atoms with Gasteiger partial charge in [-0.15, -0.1) is 0 Å². The maximum atomic E-state index is 10.9. The number of rotatable bonds is 9. The summed E-state index contributed by atoms with van der Waals surface area (Å²) in [5.41, 5.74) is 0. The second-order valence-corrected chi connectivity index (χ2v) is 3.34. The first-order chi connectivity index (χ1) is 7.70. The van der Waals surface area contributed by atoms with Gasteiger partial charge >= 0.3 is 11.9 Å². The summed E-state index contributed by atoms with van der Waals surface area (Å²) in [5.74, 6) is -0.341. The first-order valence-electron chi connectivity index (χ1n) is 5.63. The van der Waals surface area contributed by atoms with Crippen molar-refractivity contribution in [1.82, 2.24) is 5.32 Å². The molecule has 5 nitrogen and oxygen atoms in total. The van der Waals surface area contributed by atoms with Crippen LogP contribution in [0.4, 0.5) is 0 Å². The van der Waals surface area contributed by atoms with E-state index in [-0.39, 0.29) is 11.9 Å². The van der Waals surface area contributed by atoms with Crippen molar-refractivity contribution in [1.29, 1.82) is 0 Å². The minimum atomic E-state index is -0.187. The molecule has 16 heavy (non-hydrogen) atoms. The molecule has 0 fully saturated rings. The summed E-state index contributed by atoms with van der Waals surface area (Å²) in [5, 5.41) is 3.15. The van der Waals surface area contributed by atoms with E-state index in [1.165, 1.54) is 7.11 Å². The molecule has 0 atom stereocenters. The largest absolute Gasteiger partial charge is 0.469 e. The highest BCUT2D eigenvalue weighted by molar-refractivity contribution is 5.69. The average molecular weight is 231 g/mol. The minimum absolute atomic E-state index is 0.154. The van der Waals surface area contributed by atoms with E-state index in [9.17, 15) is 9.59 Å². The first-order valence-corrected chi connectivity index (χ1v) is 5.63. The van der Waals surface area contributed by atoms with Gasteiger partial charge in [0, 0.05) is 12.8 Å².